The fourth-order valence-corrected chi connectivity index (χ4v) is 9.96. The number of rotatable bonds is 19. The summed E-state index contributed by atoms with van der Waals surface area (Å²) in [6.45, 7) is -2.31. The van der Waals surface area contributed by atoms with Gasteiger partial charge < -0.3 is 29.9 Å². The van der Waals surface area contributed by atoms with Gasteiger partial charge in [-0.05, 0) is 83.6 Å². The van der Waals surface area contributed by atoms with Gasteiger partial charge in [0.25, 0.3) is 56.1 Å². The molecule has 0 fully saturated rings. The number of nitrogens with zero attached hydrogens (tertiary/aromatic N) is 7. The van der Waals surface area contributed by atoms with Gasteiger partial charge in [-0.2, -0.15) is 47.2 Å². The fourth-order valence-electron chi connectivity index (χ4n) is 6.84. The lowest BCUT2D eigenvalue weighted by atomic mass is 10.1. The van der Waals surface area contributed by atoms with Crippen molar-refractivity contribution in [2.24, 2.45) is 30.7 Å². The molecule has 0 amide bonds. The maximum absolute atomic E-state index is 13.3. The summed E-state index contributed by atoms with van der Waals surface area (Å²) in [5.41, 5.74) is -5.50. The average Bonchev–Trinajstić information content (AvgIpc) is 3.67. The van der Waals surface area contributed by atoms with Crippen LogP contribution < -0.4 is 15.0 Å². The molecule has 0 radical (unpaired) electrons. The highest BCUT2D eigenvalue weighted by Gasteiger charge is 2.27. The van der Waals surface area contributed by atoms with Crippen LogP contribution in [-0.2, 0) is 50.6 Å². The number of benzene rings is 6. The number of hydrogen-bond acceptors (Lipinski definition) is 23. The summed E-state index contributed by atoms with van der Waals surface area (Å²) < 4.78 is 183. The van der Waals surface area contributed by atoms with Crippen LogP contribution in [0.2, 0.25) is 0 Å². The van der Waals surface area contributed by atoms with Crippen LogP contribution in [0.5, 0.6) is 17.2 Å². The number of aromatic hydroxyl groups is 1. The molecular weight excluding hydrogens is 1120 g/mol. The molecule has 0 atom stereocenters. The second-order valence-corrected chi connectivity index (χ2v) is 22.1. The summed E-state index contributed by atoms with van der Waals surface area (Å²) in [4.78, 5) is 20.4. The van der Waals surface area contributed by atoms with Crippen molar-refractivity contribution in [2.45, 2.75) is 24.5 Å². The molecule has 0 saturated heterocycles. The largest absolute Gasteiger partial charge is 0.505 e. The first-order valence-electron chi connectivity index (χ1n) is 20.3. The maximum Gasteiger partial charge on any atom is 0.356 e. The van der Waals surface area contributed by atoms with E-state index in [0.717, 1.165) is 54.6 Å². The minimum Gasteiger partial charge on any atom is -0.505 e. The van der Waals surface area contributed by atoms with E-state index in [9.17, 15) is 94.9 Å². The molecule has 0 aliphatic carbocycles. The lowest BCUT2D eigenvalue weighted by Gasteiger charge is -2.13. The number of hydrogen-bond donors (Lipinski definition) is 10. The molecule has 0 saturated carbocycles. The smallest absolute Gasteiger partial charge is 0.356 e. The first-order valence-corrected chi connectivity index (χ1v) is 27.5. The van der Waals surface area contributed by atoms with E-state index in [1.807, 2.05) is 0 Å². The highest BCUT2D eigenvalue weighted by molar-refractivity contribution is 7.87. The number of aliphatic hydroxyl groups is 2. The summed E-state index contributed by atoms with van der Waals surface area (Å²) in [7, 11) is -25.8. The Hall–Kier alpha value is -8.01. The van der Waals surface area contributed by atoms with E-state index in [2.05, 4.69) is 35.8 Å². The van der Waals surface area contributed by atoms with Crippen LogP contribution in [0, 0.1) is 0 Å². The van der Waals surface area contributed by atoms with Gasteiger partial charge >= 0.3 is 5.97 Å². The molecule has 0 unspecified atom stereocenters. The zero-order chi connectivity index (χ0) is 55.9. The number of phenols is 1. The Morgan fingerprint density at radius 1 is 0.526 bits per heavy atom. The van der Waals surface area contributed by atoms with Crippen LogP contribution in [0.3, 0.4) is 0 Å². The zero-order valence-electron chi connectivity index (χ0n) is 37.3. The number of aromatic nitrogens is 2. The number of carboxylic acids is 1. The minimum atomic E-state index is -5.33. The number of aromatic amines is 1. The number of H-pyrrole nitrogens is 1. The Balaban J connectivity index is 1.30. The molecule has 76 heavy (non-hydrogen) atoms. The molecule has 0 aliphatic rings. The highest BCUT2D eigenvalue weighted by atomic mass is 32.2. The van der Waals surface area contributed by atoms with Crippen LogP contribution in [0.25, 0.3) is 27.2 Å². The zero-order valence-corrected chi connectivity index (χ0v) is 41.4. The third kappa shape index (κ3) is 12.1. The van der Waals surface area contributed by atoms with Gasteiger partial charge in [-0.1, -0.05) is 0 Å². The fraction of sp³-hybridized carbons (Fsp3) is 0.100. The molecular formula is C40H32N8O23S5. The van der Waals surface area contributed by atoms with E-state index in [4.69, 9.17) is 9.47 Å². The van der Waals surface area contributed by atoms with Crippen molar-refractivity contribution < 1.29 is 99.5 Å². The lowest BCUT2D eigenvalue weighted by molar-refractivity contribution is 0.0690. The van der Waals surface area contributed by atoms with Crippen molar-refractivity contribution in [3.05, 3.63) is 101 Å². The number of aromatic carboxylic acids is 1. The quantitative estimate of drug-likeness (QED) is 0.0372. The summed E-state index contributed by atoms with van der Waals surface area (Å²) in [6.07, 6.45) is 0. The molecule has 36 heteroatoms. The number of phenolic OH excluding ortho intramolecular Hbond substituents is 1. The molecule has 7 rings (SSSR count). The Morgan fingerprint density at radius 3 is 1.57 bits per heavy atom. The van der Waals surface area contributed by atoms with Crippen LogP contribution in [0.4, 0.5) is 34.1 Å². The average molecular weight is 1150 g/mol. The standard InChI is InChI=1S/C40H32N8O23S5/c49-7-9-70-30-18-28(31(71-10-8-50)17-27(30)42-44-29-16-26-20(13-33(29)75(64,65)66)12-24(73(58,59)60)15-32(26)74(61,62)63)43-45-35-34(76(67,68)69)14-19-11-21(1-6-25(19)38(35)51)41-46-36-37(40(53)54)47-48(39(36)52)22-2-4-23(5-3-22)72(55,56)57/h1-6,11-18,47,49-51H,7-10H2,(H,53,54)(H,55,56,57)(H,58,59,60)(H,61,62,63)(H,64,65,66)(H,67,68,69). The van der Waals surface area contributed by atoms with Crippen molar-refractivity contribution in [3.8, 4) is 22.9 Å². The van der Waals surface area contributed by atoms with E-state index in [1.165, 1.54) is 6.07 Å². The van der Waals surface area contributed by atoms with Crippen molar-refractivity contribution in [2.75, 3.05) is 26.4 Å². The normalized spacial score (nSPS) is 12.9. The lowest BCUT2D eigenvalue weighted by Crippen LogP contribution is -2.14. The Morgan fingerprint density at radius 2 is 1.04 bits per heavy atom. The predicted molar refractivity (Wildman–Crippen MR) is 256 cm³/mol. The molecule has 1 heterocycles. The van der Waals surface area contributed by atoms with Gasteiger partial charge in [-0.15, -0.1) is 25.6 Å². The third-order valence-electron chi connectivity index (χ3n) is 10.1. The van der Waals surface area contributed by atoms with Crippen molar-refractivity contribution >= 4 is 112 Å². The highest BCUT2D eigenvalue weighted by Crippen LogP contribution is 2.46. The topological polar surface area (TPSA) is 500 Å². The van der Waals surface area contributed by atoms with E-state index in [-0.39, 0.29) is 22.1 Å². The number of aliphatic hydroxyl groups excluding tert-OH is 2. The summed E-state index contributed by atoms with van der Waals surface area (Å²) in [5, 5.41) is 64.2. The molecule has 0 aliphatic heterocycles. The predicted octanol–water partition coefficient (Wildman–Crippen LogP) is 5.10. The van der Waals surface area contributed by atoms with Crippen molar-refractivity contribution in [1.29, 1.82) is 0 Å². The SMILES string of the molecule is O=C(O)c1[nH]n(-c2ccc(S(=O)(=O)O)cc2)c(=O)c1N=Nc1ccc2c(O)c(N=Nc3cc(OCCO)c(N=Nc4cc5c(S(=O)(=O)O)cc(S(=O)(=O)O)cc5cc4S(=O)(=O)O)cc3OCCO)c(S(=O)(=O)O)cc2c1. The first kappa shape index (κ1) is 55.7. The number of azo groups is 3. The molecule has 1 aromatic heterocycles. The number of fused-ring (bicyclic) bond motifs is 2. The van der Waals surface area contributed by atoms with E-state index >= 15 is 0 Å². The van der Waals surface area contributed by atoms with Gasteiger partial charge in [-0.3, -0.25) is 32.7 Å². The Bertz CT molecular complexity index is 4300. The molecule has 10 N–H and O–H groups in total. The van der Waals surface area contributed by atoms with Crippen LogP contribution >= 0.6 is 0 Å². The molecule has 0 spiro atoms. The van der Waals surface area contributed by atoms with E-state index in [0.29, 0.717) is 28.9 Å². The number of nitrogens with one attached hydrogen (secondary N) is 1. The van der Waals surface area contributed by atoms with Gasteiger partial charge in [0.05, 0.1) is 34.4 Å². The minimum absolute atomic E-state index is 0.0815. The monoisotopic (exact) mass is 1150 g/mol. The second kappa shape index (κ2) is 21.0. The molecule has 400 valence electrons. The molecule has 6 aromatic carbocycles. The van der Waals surface area contributed by atoms with Gasteiger partial charge in [0.1, 0.15) is 62.1 Å². The number of carbonyl (C=O) groups is 1. The van der Waals surface area contributed by atoms with Gasteiger partial charge in [-0.25, -0.2) is 9.48 Å². The summed E-state index contributed by atoms with van der Waals surface area (Å²) >= 11 is 0. The van der Waals surface area contributed by atoms with Gasteiger partial charge in [0.2, 0.25) is 0 Å². The van der Waals surface area contributed by atoms with E-state index < -0.39 is 175 Å². The Labute approximate surface area is 425 Å². The number of carboxylic acid groups (broad SMARTS) is 1. The van der Waals surface area contributed by atoms with Crippen molar-refractivity contribution in [1.82, 2.24) is 9.78 Å². The summed E-state index contributed by atoms with van der Waals surface area (Å²) in [6, 6.07) is 12.3. The molecule has 7 aromatic rings. The van der Waals surface area contributed by atoms with Crippen LogP contribution in [-0.4, -0.2) is 127 Å². The van der Waals surface area contributed by atoms with Gasteiger partial charge in [0.15, 0.2) is 17.1 Å². The maximum atomic E-state index is 13.3. The second-order valence-electron chi connectivity index (χ2n) is 15.1. The molecule has 0 bridgehead atoms. The Kier molecular flexibility index (Phi) is 15.4. The first-order chi connectivity index (χ1) is 35.4. The third-order valence-corrected chi connectivity index (χ3v) is 14.5. The van der Waals surface area contributed by atoms with E-state index in [1.54, 1.807) is 0 Å². The van der Waals surface area contributed by atoms with Gasteiger partial charge in [0, 0.05) is 22.9 Å². The van der Waals surface area contributed by atoms with Crippen LogP contribution in [0.15, 0.2) is 145 Å². The van der Waals surface area contributed by atoms with Crippen LogP contribution in [0.1, 0.15) is 10.5 Å². The van der Waals surface area contributed by atoms with Crippen molar-refractivity contribution in [3.63, 3.8) is 0 Å². The molecule has 31 nitrogen and oxygen atoms in total. The number of ether oxygens (including phenoxy) is 2. The summed E-state index contributed by atoms with van der Waals surface area (Å²) in [5.74, 6) is -3.42.